The Balaban J connectivity index is 2.81. The van der Waals surface area contributed by atoms with Crippen LogP contribution in [0.4, 0.5) is 0 Å². The SMILES string of the molecule is CC[C@H]([NH3+])c1ccc(Br)cc1. The van der Waals surface area contributed by atoms with Crippen molar-refractivity contribution >= 4 is 15.9 Å². The van der Waals surface area contributed by atoms with Gasteiger partial charge in [0.2, 0.25) is 0 Å². The minimum atomic E-state index is 0.433. The fraction of sp³-hybridized carbons (Fsp3) is 0.333. The fourth-order valence-corrected chi connectivity index (χ4v) is 1.23. The molecule has 0 radical (unpaired) electrons. The third-order valence-corrected chi connectivity index (χ3v) is 2.36. The van der Waals surface area contributed by atoms with Gasteiger partial charge >= 0.3 is 0 Å². The zero-order valence-electron chi connectivity index (χ0n) is 6.68. The molecule has 0 aliphatic rings. The number of quaternary nitrogens is 1. The van der Waals surface area contributed by atoms with E-state index in [0.29, 0.717) is 6.04 Å². The summed E-state index contributed by atoms with van der Waals surface area (Å²) in [6.45, 7) is 2.15. The van der Waals surface area contributed by atoms with Crippen LogP contribution in [0.15, 0.2) is 28.7 Å². The minimum Gasteiger partial charge on any atom is -0.351 e. The number of benzene rings is 1. The summed E-state index contributed by atoms with van der Waals surface area (Å²) in [7, 11) is 0. The van der Waals surface area contributed by atoms with Crippen molar-refractivity contribution in [1.82, 2.24) is 0 Å². The third-order valence-electron chi connectivity index (χ3n) is 1.83. The Kier molecular flexibility index (Phi) is 3.09. The molecule has 0 saturated carbocycles. The first-order valence-corrected chi connectivity index (χ1v) is 4.62. The van der Waals surface area contributed by atoms with Gasteiger partial charge in [-0.25, -0.2) is 0 Å². The first-order valence-electron chi connectivity index (χ1n) is 3.82. The summed E-state index contributed by atoms with van der Waals surface area (Å²) in [6.07, 6.45) is 1.10. The highest BCUT2D eigenvalue weighted by Gasteiger charge is 2.04. The summed E-state index contributed by atoms with van der Waals surface area (Å²) in [5.74, 6) is 0. The highest BCUT2D eigenvalue weighted by atomic mass is 79.9. The van der Waals surface area contributed by atoms with Crippen LogP contribution in [0.1, 0.15) is 24.9 Å². The zero-order chi connectivity index (χ0) is 8.27. The van der Waals surface area contributed by atoms with Crippen LogP contribution in [0.2, 0.25) is 0 Å². The second kappa shape index (κ2) is 3.88. The predicted octanol–water partition coefficient (Wildman–Crippen LogP) is 2.14. The smallest absolute Gasteiger partial charge is 0.110 e. The lowest BCUT2D eigenvalue weighted by atomic mass is 10.1. The third kappa shape index (κ3) is 2.31. The molecule has 0 aliphatic heterocycles. The average molecular weight is 215 g/mol. The molecule has 0 unspecified atom stereocenters. The fourth-order valence-electron chi connectivity index (χ4n) is 0.971. The van der Waals surface area contributed by atoms with E-state index in [2.05, 4.69) is 52.9 Å². The van der Waals surface area contributed by atoms with Crippen LogP contribution in [0.25, 0.3) is 0 Å². The van der Waals surface area contributed by atoms with Crippen LogP contribution >= 0.6 is 15.9 Å². The molecule has 0 saturated heterocycles. The minimum absolute atomic E-state index is 0.433. The van der Waals surface area contributed by atoms with Gasteiger partial charge in [0, 0.05) is 16.5 Å². The quantitative estimate of drug-likeness (QED) is 0.782. The topological polar surface area (TPSA) is 27.6 Å². The molecule has 0 fully saturated rings. The molecular weight excluding hydrogens is 202 g/mol. The van der Waals surface area contributed by atoms with Gasteiger partial charge in [-0.1, -0.05) is 35.0 Å². The highest BCUT2D eigenvalue weighted by molar-refractivity contribution is 9.10. The maximum atomic E-state index is 4.04. The van der Waals surface area contributed by atoms with Crippen molar-refractivity contribution in [1.29, 1.82) is 0 Å². The van der Waals surface area contributed by atoms with E-state index in [4.69, 9.17) is 0 Å². The van der Waals surface area contributed by atoms with E-state index < -0.39 is 0 Å². The Morgan fingerprint density at radius 2 is 1.91 bits per heavy atom. The van der Waals surface area contributed by atoms with E-state index in [1.54, 1.807) is 0 Å². The second-order valence-electron chi connectivity index (χ2n) is 2.66. The van der Waals surface area contributed by atoms with Gasteiger partial charge in [0.25, 0.3) is 0 Å². The molecule has 1 aromatic rings. The summed E-state index contributed by atoms with van der Waals surface area (Å²) in [4.78, 5) is 0. The Hall–Kier alpha value is -0.340. The van der Waals surface area contributed by atoms with Crippen molar-refractivity contribution in [2.24, 2.45) is 0 Å². The van der Waals surface area contributed by atoms with E-state index in [1.165, 1.54) is 5.56 Å². The molecule has 1 rings (SSSR count). The number of hydrogen-bond acceptors (Lipinski definition) is 0. The molecule has 0 heterocycles. The molecule has 0 aromatic heterocycles. The highest BCUT2D eigenvalue weighted by Crippen LogP contribution is 2.15. The van der Waals surface area contributed by atoms with Gasteiger partial charge in [-0.05, 0) is 12.1 Å². The summed E-state index contributed by atoms with van der Waals surface area (Å²) < 4.78 is 1.13. The predicted molar refractivity (Wildman–Crippen MR) is 50.1 cm³/mol. The lowest BCUT2D eigenvalue weighted by Crippen LogP contribution is -2.53. The second-order valence-corrected chi connectivity index (χ2v) is 3.57. The van der Waals surface area contributed by atoms with Crippen molar-refractivity contribution in [2.75, 3.05) is 0 Å². The van der Waals surface area contributed by atoms with Crippen molar-refractivity contribution in [3.63, 3.8) is 0 Å². The molecule has 60 valence electrons. The van der Waals surface area contributed by atoms with Crippen LogP contribution in [-0.4, -0.2) is 0 Å². The number of hydrogen-bond donors (Lipinski definition) is 1. The molecule has 3 N–H and O–H groups in total. The van der Waals surface area contributed by atoms with E-state index >= 15 is 0 Å². The van der Waals surface area contributed by atoms with Gasteiger partial charge in [-0.3, -0.25) is 0 Å². The van der Waals surface area contributed by atoms with Gasteiger partial charge in [-0.15, -0.1) is 0 Å². The Labute approximate surface area is 75.7 Å². The van der Waals surface area contributed by atoms with Crippen LogP contribution in [0.3, 0.4) is 0 Å². The molecule has 0 spiro atoms. The Morgan fingerprint density at radius 3 is 2.36 bits per heavy atom. The normalized spacial score (nSPS) is 13.0. The van der Waals surface area contributed by atoms with E-state index in [1.807, 2.05) is 0 Å². The number of rotatable bonds is 2. The summed E-state index contributed by atoms with van der Waals surface area (Å²) in [5, 5.41) is 0. The van der Waals surface area contributed by atoms with Gasteiger partial charge in [0.1, 0.15) is 6.04 Å². The molecule has 0 amide bonds. The van der Waals surface area contributed by atoms with Gasteiger partial charge in [0.05, 0.1) is 0 Å². The molecule has 1 nitrogen and oxygen atoms in total. The molecule has 1 atom stereocenters. The molecule has 2 heteroatoms. The Bertz CT molecular complexity index is 218. The zero-order valence-corrected chi connectivity index (χ0v) is 8.26. The van der Waals surface area contributed by atoms with Crippen molar-refractivity contribution in [2.45, 2.75) is 19.4 Å². The van der Waals surface area contributed by atoms with Crippen LogP contribution in [0.5, 0.6) is 0 Å². The summed E-state index contributed by atoms with van der Waals surface area (Å²) in [6, 6.07) is 8.78. The first-order chi connectivity index (χ1) is 5.24. The lowest BCUT2D eigenvalue weighted by molar-refractivity contribution is -0.427. The number of halogens is 1. The molecule has 0 aliphatic carbocycles. The van der Waals surface area contributed by atoms with E-state index in [-0.39, 0.29) is 0 Å². The van der Waals surface area contributed by atoms with Gasteiger partial charge < -0.3 is 5.73 Å². The summed E-state index contributed by atoms with van der Waals surface area (Å²) in [5.41, 5.74) is 5.36. The monoisotopic (exact) mass is 214 g/mol. The maximum absolute atomic E-state index is 4.04. The first kappa shape index (κ1) is 8.75. The molecule has 0 bridgehead atoms. The van der Waals surface area contributed by atoms with E-state index in [0.717, 1.165) is 10.9 Å². The van der Waals surface area contributed by atoms with Crippen LogP contribution in [-0.2, 0) is 0 Å². The van der Waals surface area contributed by atoms with Gasteiger partial charge in [-0.2, -0.15) is 0 Å². The summed E-state index contributed by atoms with van der Waals surface area (Å²) >= 11 is 3.40. The standard InChI is InChI=1S/C9H12BrN/c1-2-9(11)7-3-5-8(10)6-4-7/h3-6,9H,2,11H2,1H3/p+1/t9-/m0/s1. The van der Waals surface area contributed by atoms with Crippen LogP contribution in [0, 0.1) is 0 Å². The van der Waals surface area contributed by atoms with Gasteiger partial charge in [0.15, 0.2) is 0 Å². The largest absolute Gasteiger partial charge is 0.351 e. The van der Waals surface area contributed by atoms with Crippen molar-refractivity contribution in [3.05, 3.63) is 34.3 Å². The maximum Gasteiger partial charge on any atom is 0.110 e. The Morgan fingerprint density at radius 1 is 1.36 bits per heavy atom. The van der Waals surface area contributed by atoms with Crippen LogP contribution < -0.4 is 5.73 Å². The van der Waals surface area contributed by atoms with Crippen molar-refractivity contribution < 1.29 is 5.73 Å². The van der Waals surface area contributed by atoms with E-state index in [9.17, 15) is 0 Å². The molecular formula is C9H13BrN+. The molecule has 1 aromatic carbocycles. The average Bonchev–Trinajstić information content (AvgIpc) is 2.05. The van der Waals surface area contributed by atoms with Crippen molar-refractivity contribution in [3.8, 4) is 0 Å². The lowest BCUT2D eigenvalue weighted by Gasteiger charge is -2.04. The molecule has 11 heavy (non-hydrogen) atoms.